The molecule has 1 aromatic rings. The number of benzene rings is 1. The van der Waals surface area contributed by atoms with Crippen LogP contribution in [0.4, 0.5) is 5.69 Å². The molecule has 2 N–H and O–H groups in total. The van der Waals surface area contributed by atoms with Gasteiger partial charge >= 0.3 is 0 Å². The predicted molar refractivity (Wildman–Crippen MR) is 78.0 cm³/mol. The molecule has 1 aliphatic rings. The van der Waals surface area contributed by atoms with E-state index >= 15 is 0 Å². The first-order valence-corrected chi connectivity index (χ1v) is 6.74. The van der Waals surface area contributed by atoms with Crippen LogP contribution in [0.2, 0.25) is 5.02 Å². The number of hydrogen-bond acceptors (Lipinski definition) is 2. The van der Waals surface area contributed by atoms with E-state index in [0.717, 1.165) is 35.3 Å². The number of anilines is 1. The molecule has 1 saturated heterocycles. The van der Waals surface area contributed by atoms with Gasteiger partial charge in [0.1, 0.15) is 4.99 Å². The van der Waals surface area contributed by atoms with Crippen molar-refractivity contribution >= 4 is 34.5 Å². The Kier molecular flexibility index (Phi) is 3.89. The quantitative estimate of drug-likeness (QED) is 0.854. The summed E-state index contributed by atoms with van der Waals surface area (Å²) in [7, 11) is 0. The van der Waals surface area contributed by atoms with Crippen molar-refractivity contribution in [3.05, 3.63) is 28.8 Å². The van der Waals surface area contributed by atoms with Crippen molar-refractivity contribution in [1.82, 2.24) is 0 Å². The molecule has 0 aromatic heterocycles. The Morgan fingerprint density at radius 3 is 2.94 bits per heavy atom. The third-order valence-corrected chi connectivity index (χ3v) is 3.88. The first-order chi connectivity index (χ1) is 8.11. The first kappa shape index (κ1) is 12.7. The van der Waals surface area contributed by atoms with Crippen LogP contribution < -0.4 is 10.6 Å². The number of nitrogens with two attached hydrogens (primary N) is 1. The van der Waals surface area contributed by atoms with Gasteiger partial charge in [-0.2, -0.15) is 0 Å². The lowest BCUT2D eigenvalue weighted by atomic mass is 10.1. The Morgan fingerprint density at radius 2 is 2.35 bits per heavy atom. The van der Waals surface area contributed by atoms with Gasteiger partial charge in [-0.3, -0.25) is 0 Å². The highest BCUT2D eigenvalue weighted by atomic mass is 35.5. The molecule has 1 aliphatic heterocycles. The molecular formula is C13H17ClN2S. The summed E-state index contributed by atoms with van der Waals surface area (Å²) in [5.41, 5.74) is 7.78. The van der Waals surface area contributed by atoms with Gasteiger partial charge in [-0.25, -0.2) is 0 Å². The molecule has 1 unspecified atom stereocenters. The van der Waals surface area contributed by atoms with E-state index in [2.05, 4.69) is 11.8 Å². The van der Waals surface area contributed by atoms with E-state index in [-0.39, 0.29) is 0 Å². The van der Waals surface area contributed by atoms with E-state index in [1.54, 1.807) is 0 Å². The molecule has 1 heterocycles. The maximum atomic E-state index is 6.06. The summed E-state index contributed by atoms with van der Waals surface area (Å²) in [4.78, 5) is 2.78. The second-order valence-corrected chi connectivity index (χ2v) is 5.41. The van der Waals surface area contributed by atoms with Gasteiger partial charge in [0, 0.05) is 29.4 Å². The van der Waals surface area contributed by atoms with Crippen molar-refractivity contribution in [3.8, 4) is 0 Å². The average molecular weight is 269 g/mol. The predicted octanol–water partition coefficient (Wildman–Crippen LogP) is 3.21. The highest BCUT2D eigenvalue weighted by Gasteiger charge is 2.23. The molecule has 0 spiro atoms. The lowest BCUT2D eigenvalue weighted by Gasteiger charge is -2.22. The molecule has 2 nitrogen and oxygen atoms in total. The largest absolute Gasteiger partial charge is 0.389 e. The fraction of sp³-hybridized carbons (Fsp3) is 0.462. The molecule has 0 saturated carbocycles. The van der Waals surface area contributed by atoms with Crippen LogP contribution in [0.15, 0.2) is 18.2 Å². The Balaban J connectivity index is 2.31. The summed E-state index contributed by atoms with van der Waals surface area (Å²) in [6.07, 6.45) is 2.46. The molecule has 2 rings (SSSR count). The SMILES string of the molecule is CCC1CCN(c2cc(Cl)ccc2C(N)=S)C1. The van der Waals surface area contributed by atoms with Gasteiger partial charge < -0.3 is 10.6 Å². The zero-order valence-electron chi connectivity index (χ0n) is 9.95. The summed E-state index contributed by atoms with van der Waals surface area (Å²) in [5.74, 6) is 0.771. The van der Waals surface area contributed by atoms with Crippen molar-refractivity contribution < 1.29 is 0 Å². The summed E-state index contributed by atoms with van der Waals surface area (Å²) in [5, 5.41) is 0.736. The minimum absolute atomic E-state index is 0.441. The van der Waals surface area contributed by atoms with Gasteiger partial charge in [-0.1, -0.05) is 37.2 Å². The van der Waals surface area contributed by atoms with E-state index < -0.39 is 0 Å². The summed E-state index contributed by atoms with van der Waals surface area (Å²) >= 11 is 11.2. The van der Waals surface area contributed by atoms with Crippen molar-refractivity contribution in [1.29, 1.82) is 0 Å². The van der Waals surface area contributed by atoms with Crippen LogP contribution in [0.3, 0.4) is 0 Å². The summed E-state index contributed by atoms with van der Waals surface area (Å²) in [6, 6.07) is 5.72. The van der Waals surface area contributed by atoms with Gasteiger partial charge in [0.15, 0.2) is 0 Å². The second-order valence-electron chi connectivity index (χ2n) is 4.53. The topological polar surface area (TPSA) is 29.3 Å². The lowest BCUT2D eigenvalue weighted by molar-refractivity contribution is 0.569. The van der Waals surface area contributed by atoms with E-state index in [4.69, 9.17) is 29.6 Å². The Labute approximate surface area is 113 Å². The lowest BCUT2D eigenvalue weighted by Crippen LogP contribution is -2.23. The van der Waals surface area contributed by atoms with Gasteiger partial charge in [0.05, 0.1) is 0 Å². The van der Waals surface area contributed by atoms with E-state index in [1.807, 2.05) is 18.2 Å². The molecule has 1 aromatic carbocycles. The molecule has 1 fully saturated rings. The van der Waals surface area contributed by atoms with Crippen LogP contribution in [0.1, 0.15) is 25.3 Å². The van der Waals surface area contributed by atoms with Gasteiger partial charge in [0.2, 0.25) is 0 Å². The molecule has 0 radical (unpaired) electrons. The molecule has 0 amide bonds. The zero-order chi connectivity index (χ0) is 12.4. The average Bonchev–Trinajstić information content (AvgIpc) is 2.76. The van der Waals surface area contributed by atoms with Crippen molar-refractivity contribution in [3.63, 3.8) is 0 Å². The maximum Gasteiger partial charge on any atom is 0.106 e. The Bertz CT molecular complexity index is 433. The molecule has 17 heavy (non-hydrogen) atoms. The number of rotatable bonds is 3. The van der Waals surface area contributed by atoms with Gasteiger partial charge in [-0.05, 0) is 30.5 Å². The number of halogens is 1. The standard InChI is InChI=1S/C13H17ClN2S/c1-2-9-5-6-16(8-9)12-7-10(14)3-4-11(12)13(15)17/h3-4,7,9H,2,5-6,8H2,1H3,(H2,15,17). The number of hydrogen-bond donors (Lipinski definition) is 1. The molecule has 0 bridgehead atoms. The normalized spacial score (nSPS) is 19.6. The third-order valence-electron chi connectivity index (χ3n) is 3.43. The fourth-order valence-electron chi connectivity index (χ4n) is 2.36. The molecule has 1 atom stereocenters. The molecular weight excluding hydrogens is 252 g/mol. The van der Waals surface area contributed by atoms with Crippen molar-refractivity contribution in [2.24, 2.45) is 11.7 Å². The fourth-order valence-corrected chi connectivity index (χ4v) is 2.70. The van der Waals surface area contributed by atoms with Crippen LogP contribution in [0.5, 0.6) is 0 Å². The van der Waals surface area contributed by atoms with Gasteiger partial charge in [-0.15, -0.1) is 0 Å². The second kappa shape index (κ2) is 5.23. The van der Waals surface area contributed by atoms with Gasteiger partial charge in [0.25, 0.3) is 0 Å². The van der Waals surface area contributed by atoms with Crippen LogP contribution in [0, 0.1) is 5.92 Å². The van der Waals surface area contributed by atoms with Crippen LogP contribution >= 0.6 is 23.8 Å². The summed E-state index contributed by atoms with van der Waals surface area (Å²) < 4.78 is 0. The Morgan fingerprint density at radius 1 is 1.59 bits per heavy atom. The zero-order valence-corrected chi connectivity index (χ0v) is 11.5. The number of thiocarbonyl (C=S) groups is 1. The number of nitrogens with zero attached hydrogens (tertiary/aromatic N) is 1. The molecule has 0 aliphatic carbocycles. The third kappa shape index (κ3) is 2.72. The van der Waals surface area contributed by atoms with Crippen LogP contribution in [-0.4, -0.2) is 18.1 Å². The van der Waals surface area contributed by atoms with E-state index in [1.165, 1.54) is 12.8 Å². The van der Waals surface area contributed by atoms with E-state index in [0.29, 0.717) is 4.99 Å². The molecule has 4 heteroatoms. The minimum atomic E-state index is 0.441. The maximum absolute atomic E-state index is 6.06. The molecule has 92 valence electrons. The highest BCUT2D eigenvalue weighted by Crippen LogP contribution is 2.30. The minimum Gasteiger partial charge on any atom is -0.389 e. The van der Waals surface area contributed by atoms with Crippen LogP contribution in [0.25, 0.3) is 0 Å². The monoisotopic (exact) mass is 268 g/mol. The highest BCUT2D eigenvalue weighted by molar-refractivity contribution is 7.80. The van der Waals surface area contributed by atoms with Crippen molar-refractivity contribution in [2.45, 2.75) is 19.8 Å². The van der Waals surface area contributed by atoms with Crippen molar-refractivity contribution in [2.75, 3.05) is 18.0 Å². The Hall–Kier alpha value is -0.800. The van der Waals surface area contributed by atoms with E-state index in [9.17, 15) is 0 Å². The smallest absolute Gasteiger partial charge is 0.106 e. The summed E-state index contributed by atoms with van der Waals surface area (Å²) in [6.45, 7) is 4.38. The first-order valence-electron chi connectivity index (χ1n) is 5.96. The van der Waals surface area contributed by atoms with Crippen LogP contribution in [-0.2, 0) is 0 Å².